The van der Waals surface area contributed by atoms with Crippen LogP contribution in [-0.2, 0) is 6.18 Å². The minimum Gasteiger partial charge on any atom is -0.496 e. The van der Waals surface area contributed by atoms with E-state index >= 15 is 0 Å². The van der Waals surface area contributed by atoms with Gasteiger partial charge in [0.1, 0.15) is 11.8 Å². The average Bonchev–Trinajstić information content (AvgIpc) is 3.26. The minimum atomic E-state index is -4.46. The number of benzene rings is 1. The Kier molecular flexibility index (Phi) is 6.99. The quantitative estimate of drug-likeness (QED) is 0.549. The van der Waals surface area contributed by atoms with Gasteiger partial charge in [-0.05, 0) is 63.2 Å². The van der Waals surface area contributed by atoms with Crippen molar-refractivity contribution in [3.05, 3.63) is 82.8 Å². The molecule has 34 heavy (non-hydrogen) atoms. The van der Waals surface area contributed by atoms with Crippen LogP contribution >= 0.6 is 0 Å². The molecule has 4 nitrogen and oxygen atoms in total. The van der Waals surface area contributed by atoms with Crippen molar-refractivity contribution in [3.8, 4) is 17.6 Å². The van der Waals surface area contributed by atoms with Gasteiger partial charge in [-0.1, -0.05) is 24.1 Å². The monoisotopic (exact) mass is 467 g/mol. The van der Waals surface area contributed by atoms with E-state index < -0.39 is 17.8 Å². The van der Waals surface area contributed by atoms with Gasteiger partial charge in [0.25, 0.3) is 0 Å². The van der Waals surface area contributed by atoms with Gasteiger partial charge < -0.3 is 9.64 Å². The Labute approximate surface area is 198 Å². The maximum Gasteiger partial charge on any atom is 0.416 e. The number of ether oxygens (including phenoxy) is 1. The number of methoxy groups -OCH3 is 1. The number of aromatic nitrogens is 1. The van der Waals surface area contributed by atoms with Crippen LogP contribution in [0.5, 0.6) is 5.75 Å². The number of halogens is 3. The van der Waals surface area contributed by atoms with E-state index in [9.17, 15) is 13.2 Å². The molecular formula is C27H28F3N3O. The second-order valence-electron chi connectivity index (χ2n) is 8.54. The van der Waals surface area contributed by atoms with Crippen molar-refractivity contribution < 1.29 is 17.9 Å². The third-order valence-corrected chi connectivity index (χ3v) is 6.39. The summed E-state index contributed by atoms with van der Waals surface area (Å²) in [6, 6.07) is 7.21. The Morgan fingerprint density at radius 2 is 2.06 bits per heavy atom. The van der Waals surface area contributed by atoms with Gasteiger partial charge in [-0.3, -0.25) is 9.88 Å². The molecule has 0 amide bonds. The van der Waals surface area contributed by atoms with E-state index in [0.29, 0.717) is 23.8 Å². The van der Waals surface area contributed by atoms with Gasteiger partial charge in [0.15, 0.2) is 0 Å². The molecule has 0 saturated carbocycles. The second-order valence-corrected chi connectivity index (χ2v) is 8.54. The molecule has 0 radical (unpaired) electrons. The molecule has 178 valence electrons. The van der Waals surface area contributed by atoms with E-state index in [-0.39, 0.29) is 5.75 Å². The number of pyridine rings is 1. The predicted octanol–water partition coefficient (Wildman–Crippen LogP) is 5.42. The fraction of sp³-hybridized carbons (Fsp3) is 0.370. The fourth-order valence-electron chi connectivity index (χ4n) is 4.78. The third kappa shape index (κ3) is 4.83. The van der Waals surface area contributed by atoms with Crippen LogP contribution in [0.3, 0.4) is 0 Å². The number of rotatable bonds is 5. The van der Waals surface area contributed by atoms with Crippen LogP contribution in [0, 0.1) is 11.8 Å². The zero-order chi connectivity index (χ0) is 24.3. The zero-order valence-electron chi connectivity index (χ0n) is 19.6. The van der Waals surface area contributed by atoms with E-state index in [2.05, 4.69) is 52.0 Å². The van der Waals surface area contributed by atoms with E-state index in [1.165, 1.54) is 18.7 Å². The van der Waals surface area contributed by atoms with Gasteiger partial charge in [-0.25, -0.2) is 0 Å². The van der Waals surface area contributed by atoms with Crippen LogP contribution in [0.1, 0.15) is 48.2 Å². The van der Waals surface area contributed by atoms with Crippen LogP contribution in [0.2, 0.25) is 0 Å². The molecule has 3 heterocycles. The lowest BCUT2D eigenvalue weighted by molar-refractivity contribution is -0.137. The van der Waals surface area contributed by atoms with E-state index in [4.69, 9.17) is 4.74 Å². The Morgan fingerprint density at radius 1 is 1.24 bits per heavy atom. The van der Waals surface area contributed by atoms with Gasteiger partial charge in [-0.15, -0.1) is 5.92 Å². The molecule has 2 atom stereocenters. The average molecular weight is 468 g/mol. The second kappa shape index (κ2) is 9.94. The summed E-state index contributed by atoms with van der Waals surface area (Å²) in [5, 5.41) is 0. The van der Waals surface area contributed by atoms with Crippen LogP contribution < -0.4 is 4.74 Å². The molecule has 1 saturated heterocycles. The minimum absolute atomic E-state index is 0.170. The third-order valence-electron chi connectivity index (χ3n) is 6.39. The molecule has 1 fully saturated rings. The lowest BCUT2D eigenvalue weighted by Gasteiger charge is -2.35. The fourth-order valence-corrected chi connectivity index (χ4v) is 4.78. The lowest BCUT2D eigenvalue weighted by Crippen LogP contribution is -2.33. The first-order valence-electron chi connectivity index (χ1n) is 11.3. The molecule has 2 aromatic rings. The van der Waals surface area contributed by atoms with Crippen LogP contribution in [0.15, 0.2) is 60.5 Å². The predicted molar refractivity (Wildman–Crippen MR) is 126 cm³/mol. The summed E-state index contributed by atoms with van der Waals surface area (Å²) in [6.45, 7) is 3.38. The summed E-state index contributed by atoms with van der Waals surface area (Å²) in [5.41, 5.74) is 2.46. The maximum absolute atomic E-state index is 13.4. The van der Waals surface area contributed by atoms with Gasteiger partial charge in [0.2, 0.25) is 0 Å². The van der Waals surface area contributed by atoms with Gasteiger partial charge in [0.05, 0.1) is 18.4 Å². The number of nitrogens with zero attached hydrogens (tertiary/aromatic N) is 3. The Morgan fingerprint density at radius 3 is 2.74 bits per heavy atom. The van der Waals surface area contributed by atoms with E-state index in [0.717, 1.165) is 37.1 Å². The van der Waals surface area contributed by atoms with Crippen molar-refractivity contribution >= 4 is 0 Å². The van der Waals surface area contributed by atoms with Crippen LogP contribution in [0.4, 0.5) is 13.2 Å². The van der Waals surface area contributed by atoms with Gasteiger partial charge >= 0.3 is 6.18 Å². The SMILES string of the molecule is CC#Cc1cccnc1C(c1ccc(C(F)(F)F)cc1OC)N1C=C([C@@H]2CCCN2C)C=CC1. The highest BCUT2D eigenvalue weighted by molar-refractivity contribution is 5.49. The Bertz CT molecular complexity index is 1160. The standard InChI is InChI=1S/C27H28F3N3O/c1-4-8-19-9-5-14-31-25(19)26(22-13-12-21(27(28,29)30)17-24(22)34-3)33-16-6-10-20(18-33)23-11-7-15-32(23)2/h5-6,9-10,12-14,17-18,23,26H,7,11,15-16H2,1-3H3/t23-,26?/m0/s1. The molecule has 0 N–H and O–H groups in total. The molecule has 0 spiro atoms. The molecule has 1 aromatic carbocycles. The summed E-state index contributed by atoms with van der Waals surface area (Å²) in [6.07, 6.45) is 5.80. The summed E-state index contributed by atoms with van der Waals surface area (Å²) in [5.74, 6) is 6.20. The van der Waals surface area contributed by atoms with E-state index in [1.54, 1.807) is 13.1 Å². The number of alkyl halides is 3. The molecule has 1 unspecified atom stereocenters. The molecule has 4 rings (SSSR count). The number of hydrogen-bond donors (Lipinski definition) is 0. The largest absolute Gasteiger partial charge is 0.496 e. The first-order chi connectivity index (χ1) is 16.3. The summed E-state index contributed by atoms with van der Waals surface area (Å²) in [7, 11) is 3.52. The maximum atomic E-state index is 13.4. The summed E-state index contributed by atoms with van der Waals surface area (Å²) >= 11 is 0. The Hall–Kier alpha value is -3.24. The summed E-state index contributed by atoms with van der Waals surface area (Å²) < 4.78 is 45.7. The molecule has 7 heteroatoms. The van der Waals surface area contributed by atoms with Gasteiger partial charge in [-0.2, -0.15) is 13.2 Å². The van der Waals surface area contributed by atoms with Crippen molar-refractivity contribution in [2.24, 2.45) is 0 Å². The van der Waals surface area contributed by atoms with Crippen molar-refractivity contribution in [2.45, 2.75) is 38.0 Å². The Balaban J connectivity index is 1.86. The molecule has 0 aliphatic carbocycles. The van der Waals surface area contributed by atoms with E-state index in [1.807, 2.05) is 12.1 Å². The molecular weight excluding hydrogens is 439 g/mol. The van der Waals surface area contributed by atoms with Gasteiger partial charge in [0, 0.05) is 36.1 Å². The zero-order valence-corrected chi connectivity index (χ0v) is 19.6. The summed E-state index contributed by atoms with van der Waals surface area (Å²) in [4.78, 5) is 9.10. The van der Waals surface area contributed by atoms with Crippen LogP contribution in [0.25, 0.3) is 0 Å². The molecule has 1 aromatic heterocycles. The number of likely N-dealkylation sites (tertiary alicyclic amines) is 1. The molecule has 2 aliphatic rings. The first-order valence-corrected chi connectivity index (χ1v) is 11.3. The highest BCUT2D eigenvalue weighted by Crippen LogP contribution is 2.40. The van der Waals surface area contributed by atoms with Crippen LogP contribution in [-0.4, -0.2) is 48.1 Å². The smallest absolute Gasteiger partial charge is 0.416 e. The molecule has 0 bridgehead atoms. The normalized spacial score (nSPS) is 19.4. The highest BCUT2D eigenvalue weighted by Gasteiger charge is 2.34. The number of hydrogen-bond acceptors (Lipinski definition) is 4. The lowest BCUT2D eigenvalue weighted by atomic mass is 9.94. The van der Waals surface area contributed by atoms with Crippen molar-refractivity contribution in [2.75, 3.05) is 27.2 Å². The number of likely N-dealkylation sites (N-methyl/N-ethyl adjacent to an activating group) is 1. The van der Waals surface area contributed by atoms with Crippen molar-refractivity contribution in [1.82, 2.24) is 14.8 Å². The van der Waals surface area contributed by atoms with Crippen molar-refractivity contribution in [3.63, 3.8) is 0 Å². The van der Waals surface area contributed by atoms with Crippen molar-refractivity contribution in [1.29, 1.82) is 0 Å². The highest BCUT2D eigenvalue weighted by atomic mass is 19.4. The topological polar surface area (TPSA) is 28.6 Å². The molecule has 2 aliphatic heterocycles. The first kappa shape index (κ1) is 23.9.